The van der Waals surface area contributed by atoms with Crippen LogP contribution in [0, 0.1) is 5.41 Å². The Hall–Kier alpha value is -3.04. The molecule has 1 aliphatic heterocycles. The van der Waals surface area contributed by atoms with Gasteiger partial charge in [-0.1, -0.05) is 20.8 Å². The molecule has 2 rings (SSSR count). The molecule has 1 heterocycles. The molecule has 0 aromatic carbocycles. The second-order valence-corrected chi connectivity index (χ2v) is 11.6. The van der Waals surface area contributed by atoms with Gasteiger partial charge >= 0.3 is 12.3 Å². The minimum Gasteiger partial charge on any atom is -0.465 e. The Morgan fingerprint density at radius 2 is 1.57 bits per heavy atom. The van der Waals surface area contributed by atoms with Crippen molar-refractivity contribution >= 4 is 29.6 Å². The van der Waals surface area contributed by atoms with Crippen LogP contribution < -0.4 is 16.0 Å². The van der Waals surface area contributed by atoms with E-state index in [0.717, 1.165) is 0 Å². The lowest BCUT2D eigenvalue weighted by Crippen LogP contribution is -2.66. The first kappa shape index (κ1) is 33.2. The Bertz CT molecular complexity index is 1010. The highest BCUT2D eigenvalue weighted by molar-refractivity contribution is 6.38. The van der Waals surface area contributed by atoms with Crippen molar-refractivity contribution in [2.24, 2.45) is 5.41 Å². The summed E-state index contributed by atoms with van der Waals surface area (Å²) < 4.78 is 68.3. The van der Waals surface area contributed by atoms with Crippen LogP contribution in [0.2, 0.25) is 0 Å². The van der Waals surface area contributed by atoms with Crippen molar-refractivity contribution in [1.29, 1.82) is 0 Å². The normalized spacial score (nSPS) is 23.6. The fourth-order valence-corrected chi connectivity index (χ4v) is 4.26. The minimum atomic E-state index is -5.23. The monoisotopic (exact) mass is 586 g/mol. The van der Waals surface area contributed by atoms with Crippen LogP contribution in [0.5, 0.6) is 0 Å². The van der Waals surface area contributed by atoms with Gasteiger partial charge < -0.3 is 31.1 Å². The number of alkyl halides is 5. The number of nitrogens with one attached hydrogen (secondary N) is 3. The van der Waals surface area contributed by atoms with E-state index in [-0.39, 0.29) is 6.04 Å². The Morgan fingerprint density at radius 1 is 1.00 bits per heavy atom. The molecule has 16 heteroatoms. The lowest BCUT2D eigenvalue weighted by Gasteiger charge is -2.46. The Kier molecular flexibility index (Phi) is 9.81. The standard InChI is InChI=1S/C24H35F5N4O7/c1-21(2,3)16(32-20(38)39)19(37)33-10-9-23(40,24(27,28)29)11-14(33)17(35)31-13(7-8-22(4,25)26)15(34)18(36)30-12-5-6-12/h12-14,16,32,40H,5-11H2,1-4H3,(H,30,36)(H,31,35)(H,38,39)/t13?,14-,16+,23?/m0/s1. The van der Waals surface area contributed by atoms with Crippen LogP contribution in [-0.4, -0.2) is 93.1 Å². The SMILES string of the molecule is CC(F)(F)CCC(NC(=O)[C@@H]1CC(O)(C(F)(F)F)CCN1C(=O)[C@@H](NC(=O)O)C(C)(C)C)C(=O)C(=O)NC1CC1. The molecule has 0 bridgehead atoms. The van der Waals surface area contributed by atoms with Crippen molar-refractivity contribution in [2.45, 2.75) is 108 Å². The molecule has 2 aliphatic rings. The van der Waals surface area contributed by atoms with E-state index in [4.69, 9.17) is 0 Å². The van der Waals surface area contributed by atoms with Crippen LogP contribution in [0.4, 0.5) is 26.7 Å². The predicted octanol–water partition coefficient (Wildman–Crippen LogP) is 1.72. The summed E-state index contributed by atoms with van der Waals surface area (Å²) in [6, 6.07) is -5.79. The Morgan fingerprint density at radius 3 is 2.02 bits per heavy atom. The van der Waals surface area contributed by atoms with Gasteiger partial charge in [-0.3, -0.25) is 19.2 Å². The molecule has 4 amide bonds. The quantitative estimate of drug-likeness (QED) is 0.192. The molecular formula is C24H35F5N4O7. The number of likely N-dealkylation sites (tertiary alicyclic amines) is 1. The summed E-state index contributed by atoms with van der Waals surface area (Å²) >= 11 is 0. The van der Waals surface area contributed by atoms with Crippen molar-refractivity contribution in [1.82, 2.24) is 20.9 Å². The molecule has 0 aromatic rings. The Labute approximate surface area is 227 Å². The highest BCUT2D eigenvalue weighted by atomic mass is 19.4. The maximum absolute atomic E-state index is 13.7. The van der Waals surface area contributed by atoms with Crippen molar-refractivity contribution in [3.63, 3.8) is 0 Å². The number of hydrogen-bond acceptors (Lipinski definition) is 6. The molecule has 1 aliphatic carbocycles. The molecule has 40 heavy (non-hydrogen) atoms. The maximum atomic E-state index is 13.7. The zero-order chi connectivity index (χ0) is 30.8. The molecule has 11 nitrogen and oxygen atoms in total. The lowest BCUT2D eigenvalue weighted by atomic mass is 9.82. The van der Waals surface area contributed by atoms with E-state index in [0.29, 0.717) is 24.7 Å². The largest absolute Gasteiger partial charge is 0.465 e. The number of amides is 4. The number of halogens is 5. The summed E-state index contributed by atoms with van der Waals surface area (Å²) in [5.41, 5.74) is -4.54. The number of nitrogens with zero attached hydrogens (tertiary/aromatic N) is 1. The van der Waals surface area contributed by atoms with Gasteiger partial charge in [0.15, 0.2) is 5.60 Å². The number of carbonyl (C=O) groups excluding carboxylic acids is 4. The number of hydrogen-bond donors (Lipinski definition) is 5. The number of carboxylic acid groups (broad SMARTS) is 1. The highest BCUT2D eigenvalue weighted by Crippen LogP contribution is 2.41. The number of ketones is 1. The van der Waals surface area contributed by atoms with Crippen LogP contribution in [0.15, 0.2) is 0 Å². The van der Waals surface area contributed by atoms with E-state index < -0.39 is 103 Å². The average molecular weight is 587 g/mol. The molecule has 5 N–H and O–H groups in total. The lowest BCUT2D eigenvalue weighted by molar-refractivity contribution is -0.276. The van der Waals surface area contributed by atoms with E-state index in [1.54, 1.807) is 0 Å². The van der Waals surface area contributed by atoms with Crippen molar-refractivity contribution in [2.75, 3.05) is 6.54 Å². The van der Waals surface area contributed by atoms with Gasteiger partial charge in [0.1, 0.15) is 12.1 Å². The van der Waals surface area contributed by atoms with Gasteiger partial charge in [0.2, 0.25) is 23.5 Å². The smallest absolute Gasteiger partial charge is 0.417 e. The molecule has 2 unspecified atom stereocenters. The van der Waals surface area contributed by atoms with E-state index in [2.05, 4.69) is 5.32 Å². The zero-order valence-corrected chi connectivity index (χ0v) is 22.5. The summed E-state index contributed by atoms with van der Waals surface area (Å²) in [4.78, 5) is 63.8. The summed E-state index contributed by atoms with van der Waals surface area (Å²) in [7, 11) is 0. The first-order valence-electron chi connectivity index (χ1n) is 12.7. The molecular weight excluding hydrogens is 551 g/mol. The van der Waals surface area contributed by atoms with Gasteiger partial charge in [0.25, 0.3) is 5.91 Å². The molecule has 0 aromatic heterocycles. The summed E-state index contributed by atoms with van der Waals surface area (Å²) in [6.45, 7) is 4.11. The maximum Gasteiger partial charge on any atom is 0.417 e. The fourth-order valence-electron chi connectivity index (χ4n) is 4.26. The highest BCUT2D eigenvalue weighted by Gasteiger charge is 2.59. The van der Waals surface area contributed by atoms with Crippen molar-refractivity contribution in [3.05, 3.63) is 0 Å². The van der Waals surface area contributed by atoms with Gasteiger partial charge in [0, 0.05) is 31.8 Å². The summed E-state index contributed by atoms with van der Waals surface area (Å²) in [6.07, 6.45) is -9.81. The molecule has 4 atom stereocenters. The number of piperidine rings is 1. The molecule has 0 radical (unpaired) electrons. The van der Waals surface area contributed by atoms with E-state index in [1.807, 2.05) is 10.6 Å². The Balaban J connectivity index is 2.42. The van der Waals surface area contributed by atoms with Gasteiger partial charge in [-0.15, -0.1) is 0 Å². The van der Waals surface area contributed by atoms with Crippen molar-refractivity contribution in [3.8, 4) is 0 Å². The second kappa shape index (κ2) is 11.8. The molecule has 2 fully saturated rings. The zero-order valence-electron chi connectivity index (χ0n) is 22.5. The van der Waals surface area contributed by atoms with Crippen LogP contribution in [-0.2, 0) is 19.2 Å². The second-order valence-electron chi connectivity index (χ2n) is 11.6. The van der Waals surface area contributed by atoms with Gasteiger partial charge in [-0.25, -0.2) is 13.6 Å². The van der Waals surface area contributed by atoms with Gasteiger partial charge in [-0.05, 0) is 31.6 Å². The molecule has 228 valence electrons. The number of Topliss-reactive ketones (excluding diaryl/α,β-unsaturated/α-hetero) is 1. The van der Waals surface area contributed by atoms with Gasteiger partial charge in [0.05, 0.1) is 6.04 Å². The fraction of sp³-hybridized carbons (Fsp3) is 0.792. The predicted molar refractivity (Wildman–Crippen MR) is 128 cm³/mol. The topological polar surface area (TPSA) is 165 Å². The third kappa shape index (κ3) is 8.73. The molecule has 1 saturated carbocycles. The summed E-state index contributed by atoms with van der Waals surface area (Å²) in [5, 5.41) is 25.9. The van der Waals surface area contributed by atoms with E-state index in [1.165, 1.54) is 20.8 Å². The third-order valence-electron chi connectivity index (χ3n) is 6.81. The number of carbonyl (C=O) groups is 5. The molecule has 0 spiro atoms. The van der Waals surface area contributed by atoms with Crippen LogP contribution in [0.1, 0.15) is 66.2 Å². The van der Waals surface area contributed by atoms with E-state index >= 15 is 0 Å². The van der Waals surface area contributed by atoms with Crippen LogP contribution in [0.3, 0.4) is 0 Å². The minimum absolute atomic E-state index is 0.301. The van der Waals surface area contributed by atoms with Crippen LogP contribution >= 0.6 is 0 Å². The van der Waals surface area contributed by atoms with Crippen LogP contribution in [0.25, 0.3) is 0 Å². The first-order valence-corrected chi connectivity index (χ1v) is 12.7. The average Bonchev–Trinajstić information content (AvgIpc) is 3.61. The molecule has 1 saturated heterocycles. The van der Waals surface area contributed by atoms with E-state index in [9.17, 15) is 56.1 Å². The number of rotatable bonds is 10. The third-order valence-corrected chi connectivity index (χ3v) is 6.81. The first-order chi connectivity index (χ1) is 18.1. The number of aliphatic hydroxyl groups is 1. The van der Waals surface area contributed by atoms with Crippen molar-refractivity contribution < 1.29 is 56.1 Å². The van der Waals surface area contributed by atoms with Gasteiger partial charge in [-0.2, -0.15) is 13.2 Å². The summed E-state index contributed by atoms with van der Waals surface area (Å²) in [5.74, 6) is -8.27.